The molecule has 164 valence electrons. The van der Waals surface area contributed by atoms with Gasteiger partial charge in [0.2, 0.25) is 10.3 Å². The van der Waals surface area contributed by atoms with Crippen LogP contribution in [0.2, 0.25) is 0 Å². The minimum Gasteiger partial charge on any atom is -0.293 e. The monoisotopic (exact) mass is 480 g/mol. The van der Waals surface area contributed by atoms with Crippen molar-refractivity contribution in [1.82, 2.24) is 29.5 Å². The van der Waals surface area contributed by atoms with Crippen molar-refractivity contribution >= 4 is 43.1 Å². The fourth-order valence-electron chi connectivity index (χ4n) is 3.77. The number of halogens is 2. The Bertz CT molecular complexity index is 1760. The Morgan fingerprint density at radius 1 is 0.879 bits per heavy atom. The summed E-state index contributed by atoms with van der Waals surface area (Å²) in [6.45, 7) is 3.62. The summed E-state index contributed by atoms with van der Waals surface area (Å²) in [5.41, 5.74) is 3.28. The topological polar surface area (TPSA) is 81.4 Å². The Morgan fingerprint density at radius 2 is 1.48 bits per heavy atom. The van der Waals surface area contributed by atoms with E-state index in [4.69, 9.17) is 0 Å². The number of aryl methyl sites for hydroxylation is 2. The summed E-state index contributed by atoms with van der Waals surface area (Å²) in [5.74, 6) is -0.696. The molecule has 0 radical (unpaired) electrons. The van der Waals surface area contributed by atoms with Gasteiger partial charge in [-0.1, -0.05) is 22.7 Å². The molecule has 4 aromatic heterocycles. The van der Waals surface area contributed by atoms with Crippen LogP contribution in [0.15, 0.2) is 47.3 Å². The van der Waals surface area contributed by atoms with Crippen molar-refractivity contribution in [3.8, 4) is 21.5 Å². The number of benzene rings is 2. The number of nitrogens with one attached hydrogen (secondary N) is 1. The van der Waals surface area contributed by atoms with Gasteiger partial charge in [-0.2, -0.15) is 9.78 Å². The lowest BCUT2D eigenvalue weighted by Crippen LogP contribution is -2.16. The highest BCUT2D eigenvalue weighted by atomic mass is 32.1. The summed E-state index contributed by atoms with van der Waals surface area (Å²) in [4.78, 5) is 22.5. The normalized spacial score (nSPS) is 11.8. The lowest BCUT2D eigenvalue weighted by atomic mass is 10.2. The first kappa shape index (κ1) is 19.9. The molecule has 6 aromatic rings. The van der Waals surface area contributed by atoms with E-state index in [1.807, 2.05) is 13.0 Å². The Balaban J connectivity index is 1.52. The van der Waals surface area contributed by atoms with Crippen LogP contribution in [0.25, 0.3) is 42.0 Å². The highest BCUT2D eigenvalue weighted by molar-refractivity contribution is 7.21. The van der Waals surface area contributed by atoms with Crippen LogP contribution in [0.1, 0.15) is 11.4 Å². The molecule has 0 saturated carbocycles. The molecule has 4 heterocycles. The van der Waals surface area contributed by atoms with Crippen LogP contribution >= 0.6 is 22.7 Å². The third-order valence-electron chi connectivity index (χ3n) is 5.21. The molecule has 0 atom stereocenters. The minimum atomic E-state index is -0.358. The largest absolute Gasteiger partial charge is 0.293 e. The van der Waals surface area contributed by atoms with E-state index in [9.17, 15) is 13.6 Å². The average molecular weight is 481 g/mol. The van der Waals surface area contributed by atoms with E-state index in [-0.39, 0.29) is 17.2 Å². The minimum absolute atomic E-state index is 0.305. The van der Waals surface area contributed by atoms with Gasteiger partial charge in [0.05, 0.1) is 37.4 Å². The van der Waals surface area contributed by atoms with E-state index >= 15 is 0 Å². The highest BCUT2D eigenvalue weighted by Crippen LogP contribution is 2.31. The van der Waals surface area contributed by atoms with Crippen molar-refractivity contribution < 1.29 is 8.78 Å². The molecule has 7 nitrogen and oxygen atoms in total. The van der Waals surface area contributed by atoms with Gasteiger partial charge in [0.1, 0.15) is 11.6 Å². The fourth-order valence-corrected chi connectivity index (χ4v) is 5.67. The quantitative estimate of drug-likeness (QED) is 0.381. The molecule has 11 heteroatoms. The van der Waals surface area contributed by atoms with Gasteiger partial charge >= 0.3 is 0 Å². The Kier molecular flexibility index (Phi) is 4.32. The van der Waals surface area contributed by atoms with Crippen molar-refractivity contribution in [2.45, 2.75) is 13.8 Å². The van der Waals surface area contributed by atoms with Gasteiger partial charge in [-0.25, -0.2) is 23.4 Å². The first-order valence-electron chi connectivity index (χ1n) is 9.89. The number of aromatic nitrogens is 6. The molecule has 0 amide bonds. The number of nitrogens with zero attached hydrogens (tertiary/aromatic N) is 5. The molecule has 1 N–H and O–H groups in total. The van der Waals surface area contributed by atoms with Crippen LogP contribution < -0.4 is 5.56 Å². The standard InChI is InChI=1S/C22H14F2N6OS2/c1-10-7-16(29(27-10)21-25-14-5-3-12(23)8-17(14)32-21)19-11(2)28-30(20(19)31)22-26-15-6-4-13(24)9-18(15)33-22/h3-9,28H,1-2H3. The molecule has 0 unspecified atom stereocenters. The molecule has 6 rings (SSSR count). The lowest BCUT2D eigenvalue weighted by Gasteiger charge is -2.01. The van der Waals surface area contributed by atoms with E-state index in [0.29, 0.717) is 53.3 Å². The van der Waals surface area contributed by atoms with Gasteiger partial charge in [-0.05, 0) is 56.3 Å². The van der Waals surface area contributed by atoms with Crippen molar-refractivity contribution in [3.05, 3.63) is 75.8 Å². The summed E-state index contributed by atoms with van der Waals surface area (Å²) < 4.78 is 31.5. The zero-order valence-corrected chi connectivity index (χ0v) is 18.9. The summed E-state index contributed by atoms with van der Waals surface area (Å²) in [5, 5.41) is 8.55. The first-order valence-corrected chi connectivity index (χ1v) is 11.5. The maximum atomic E-state index is 13.6. The molecule has 0 fully saturated rings. The fraction of sp³-hybridized carbons (Fsp3) is 0.0909. The second kappa shape index (κ2) is 7.15. The van der Waals surface area contributed by atoms with Crippen LogP contribution in [0.3, 0.4) is 0 Å². The number of hydrogen-bond acceptors (Lipinski definition) is 6. The Morgan fingerprint density at radius 3 is 2.15 bits per heavy atom. The van der Waals surface area contributed by atoms with E-state index in [0.717, 1.165) is 0 Å². The van der Waals surface area contributed by atoms with Gasteiger partial charge < -0.3 is 0 Å². The van der Waals surface area contributed by atoms with E-state index in [1.165, 1.54) is 51.6 Å². The predicted molar refractivity (Wildman–Crippen MR) is 125 cm³/mol. The molecule has 0 aliphatic carbocycles. The van der Waals surface area contributed by atoms with Gasteiger partial charge in [-0.15, -0.1) is 0 Å². The maximum Gasteiger partial charge on any atom is 0.283 e. The number of aromatic amines is 1. The van der Waals surface area contributed by atoms with Crippen molar-refractivity contribution in [1.29, 1.82) is 0 Å². The van der Waals surface area contributed by atoms with Crippen LogP contribution in [-0.2, 0) is 0 Å². The average Bonchev–Trinajstić information content (AvgIpc) is 3.51. The molecule has 0 bridgehead atoms. The molecule has 0 saturated heterocycles. The van der Waals surface area contributed by atoms with Crippen molar-refractivity contribution in [2.75, 3.05) is 0 Å². The van der Waals surface area contributed by atoms with Crippen molar-refractivity contribution in [2.24, 2.45) is 0 Å². The zero-order valence-electron chi connectivity index (χ0n) is 17.3. The SMILES string of the molecule is Cc1cc(-c2c(C)[nH]n(-c3nc4ccc(F)cc4s3)c2=O)n(-c2nc3ccc(F)cc3s2)n1. The molecular formula is C22H14F2N6OS2. The third kappa shape index (κ3) is 3.19. The molecule has 0 aliphatic heterocycles. The van der Waals surface area contributed by atoms with Gasteiger partial charge in [0, 0.05) is 5.69 Å². The molecule has 2 aromatic carbocycles. The number of H-pyrrole nitrogens is 1. The Labute approximate surface area is 192 Å². The van der Waals surface area contributed by atoms with Crippen LogP contribution in [-0.4, -0.2) is 29.5 Å². The highest BCUT2D eigenvalue weighted by Gasteiger charge is 2.22. The third-order valence-corrected chi connectivity index (χ3v) is 7.21. The number of hydrogen-bond donors (Lipinski definition) is 1. The predicted octanol–water partition coefficient (Wildman–Crippen LogP) is 5.13. The molecular weight excluding hydrogens is 466 g/mol. The lowest BCUT2D eigenvalue weighted by molar-refractivity contribution is 0.629. The second-order valence-electron chi connectivity index (χ2n) is 7.55. The molecule has 33 heavy (non-hydrogen) atoms. The van der Waals surface area contributed by atoms with E-state index in [1.54, 1.807) is 23.7 Å². The van der Waals surface area contributed by atoms with Gasteiger partial charge in [-0.3, -0.25) is 9.89 Å². The summed E-state index contributed by atoms with van der Waals surface area (Å²) in [6.07, 6.45) is 0. The maximum absolute atomic E-state index is 13.6. The zero-order chi connectivity index (χ0) is 22.9. The van der Waals surface area contributed by atoms with Gasteiger partial charge in [0.25, 0.3) is 5.56 Å². The van der Waals surface area contributed by atoms with Crippen molar-refractivity contribution in [3.63, 3.8) is 0 Å². The number of rotatable bonds is 3. The van der Waals surface area contributed by atoms with Crippen LogP contribution in [0.4, 0.5) is 8.78 Å². The van der Waals surface area contributed by atoms with Gasteiger partial charge in [0.15, 0.2) is 0 Å². The molecule has 0 aliphatic rings. The molecule has 0 spiro atoms. The number of fused-ring (bicyclic) bond motifs is 2. The first-order chi connectivity index (χ1) is 15.9. The summed E-state index contributed by atoms with van der Waals surface area (Å²) >= 11 is 2.51. The van der Waals surface area contributed by atoms with Crippen LogP contribution in [0, 0.1) is 25.5 Å². The number of thiazole rings is 2. The Hall–Kier alpha value is -3.70. The van der Waals surface area contributed by atoms with Crippen LogP contribution in [0.5, 0.6) is 0 Å². The smallest absolute Gasteiger partial charge is 0.283 e. The second-order valence-corrected chi connectivity index (χ2v) is 9.57. The summed E-state index contributed by atoms with van der Waals surface area (Å²) in [6, 6.07) is 10.5. The van der Waals surface area contributed by atoms with E-state index in [2.05, 4.69) is 20.2 Å². The summed E-state index contributed by atoms with van der Waals surface area (Å²) in [7, 11) is 0. The van der Waals surface area contributed by atoms with E-state index < -0.39 is 0 Å².